The summed E-state index contributed by atoms with van der Waals surface area (Å²) in [6.07, 6.45) is 3.03. The Balaban J connectivity index is 2.34. The van der Waals surface area contributed by atoms with Crippen molar-refractivity contribution in [3.63, 3.8) is 0 Å². The van der Waals surface area contributed by atoms with Crippen LogP contribution in [0.1, 0.15) is 42.4 Å². The van der Waals surface area contributed by atoms with E-state index >= 15 is 0 Å². The fourth-order valence-electron chi connectivity index (χ4n) is 2.15. The van der Waals surface area contributed by atoms with Gasteiger partial charge >= 0.3 is 0 Å². The van der Waals surface area contributed by atoms with Crippen molar-refractivity contribution in [1.29, 1.82) is 0 Å². The molecule has 0 spiro atoms. The molecule has 18 heavy (non-hydrogen) atoms. The van der Waals surface area contributed by atoms with Gasteiger partial charge in [0.15, 0.2) is 0 Å². The maximum absolute atomic E-state index is 4.38. The second-order valence-corrected chi connectivity index (χ2v) is 5.37. The first-order valence-electron chi connectivity index (χ1n) is 6.57. The van der Waals surface area contributed by atoms with Gasteiger partial charge in [0.25, 0.3) is 0 Å². The Morgan fingerprint density at radius 2 is 2.22 bits per heavy atom. The molecule has 1 unspecified atom stereocenters. The number of hydrogen-bond donors (Lipinski definition) is 1. The summed E-state index contributed by atoms with van der Waals surface area (Å²) >= 11 is 1.82. The molecule has 3 nitrogen and oxygen atoms in total. The Morgan fingerprint density at radius 3 is 2.83 bits per heavy atom. The molecule has 0 saturated carbocycles. The molecule has 0 aliphatic rings. The van der Waals surface area contributed by atoms with Gasteiger partial charge in [-0.2, -0.15) is 5.10 Å². The predicted octanol–water partition coefficient (Wildman–Crippen LogP) is 3.36. The van der Waals surface area contributed by atoms with Gasteiger partial charge in [-0.25, -0.2) is 0 Å². The lowest BCUT2D eigenvalue weighted by Crippen LogP contribution is -2.25. The quantitative estimate of drug-likeness (QED) is 0.866. The van der Waals surface area contributed by atoms with Crippen LogP contribution >= 0.6 is 11.3 Å². The number of aromatic nitrogens is 2. The lowest BCUT2D eigenvalue weighted by Gasteiger charge is -2.19. The topological polar surface area (TPSA) is 29.9 Å². The van der Waals surface area contributed by atoms with E-state index in [9.17, 15) is 0 Å². The predicted molar refractivity (Wildman–Crippen MR) is 77.1 cm³/mol. The first kappa shape index (κ1) is 13.3. The summed E-state index contributed by atoms with van der Waals surface area (Å²) in [5.74, 6) is 0. The van der Waals surface area contributed by atoms with E-state index in [1.807, 2.05) is 17.5 Å². The zero-order valence-corrected chi connectivity index (χ0v) is 12.1. The number of thiophene rings is 1. The Morgan fingerprint density at radius 1 is 1.39 bits per heavy atom. The first-order chi connectivity index (χ1) is 8.77. The minimum absolute atomic E-state index is 0.271. The van der Waals surface area contributed by atoms with Crippen LogP contribution < -0.4 is 5.32 Å². The van der Waals surface area contributed by atoms with Crippen molar-refractivity contribution < 1.29 is 0 Å². The molecule has 0 bridgehead atoms. The van der Waals surface area contributed by atoms with Crippen molar-refractivity contribution in [2.24, 2.45) is 0 Å². The maximum atomic E-state index is 4.38. The van der Waals surface area contributed by atoms with E-state index in [2.05, 4.69) is 53.4 Å². The molecular weight excluding hydrogens is 242 g/mol. The molecule has 2 rings (SSSR count). The van der Waals surface area contributed by atoms with Crippen LogP contribution in [0.25, 0.3) is 0 Å². The average molecular weight is 263 g/mol. The monoisotopic (exact) mass is 263 g/mol. The van der Waals surface area contributed by atoms with E-state index in [4.69, 9.17) is 0 Å². The smallest absolute Gasteiger partial charge is 0.0844 e. The van der Waals surface area contributed by atoms with E-state index in [1.165, 1.54) is 16.1 Å². The van der Waals surface area contributed by atoms with Crippen LogP contribution in [-0.2, 0) is 6.54 Å². The highest BCUT2D eigenvalue weighted by Gasteiger charge is 2.19. The van der Waals surface area contributed by atoms with Gasteiger partial charge in [0, 0.05) is 17.6 Å². The summed E-state index contributed by atoms with van der Waals surface area (Å²) in [4.78, 5) is 1.40. The Kier molecular flexibility index (Phi) is 4.55. The normalized spacial score (nSPS) is 12.8. The van der Waals surface area contributed by atoms with Crippen molar-refractivity contribution in [1.82, 2.24) is 15.1 Å². The Hall–Kier alpha value is -1.13. The Labute approximate surface area is 113 Å². The molecule has 0 aliphatic carbocycles. The molecule has 1 N–H and O–H groups in total. The van der Waals surface area contributed by atoms with Crippen molar-refractivity contribution in [2.45, 2.75) is 39.8 Å². The van der Waals surface area contributed by atoms with Gasteiger partial charge in [0.2, 0.25) is 0 Å². The van der Waals surface area contributed by atoms with Crippen molar-refractivity contribution in [3.8, 4) is 0 Å². The Bertz CT molecular complexity index is 487. The number of nitrogens with zero attached hydrogens (tertiary/aromatic N) is 2. The lowest BCUT2D eigenvalue weighted by molar-refractivity contribution is 0.533. The van der Waals surface area contributed by atoms with E-state index in [1.54, 1.807) is 0 Å². The molecule has 1 atom stereocenters. The van der Waals surface area contributed by atoms with Crippen molar-refractivity contribution in [2.75, 3.05) is 6.54 Å². The number of nitrogens with one attached hydrogen (secondary N) is 1. The van der Waals surface area contributed by atoms with Gasteiger partial charge in [-0.05, 0) is 49.9 Å². The maximum Gasteiger partial charge on any atom is 0.0844 e. The number of hydrogen-bond acceptors (Lipinski definition) is 3. The largest absolute Gasteiger partial charge is 0.304 e. The van der Waals surface area contributed by atoms with E-state index in [0.717, 1.165) is 19.5 Å². The van der Waals surface area contributed by atoms with Crippen LogP contribution in [0.2, 0.25) is 0 Å². The summed E-state index contributed by atoms with van der Waals surface area (Å²) in [5, 5.41) is 10.2. The molecule has 98 valence electrons. The molecule has 0 radical (unpaired) electrons. The molecule has 0 saturated heterocycles. The molecule has 4 heteroatoms. The van der Waals surface area contributed by atoms with Crippen molar-refractivity contribution >= 4 is 11.3 Å². The van der Waals surface area contributed by atoms with Crippen LogP contribution in [0.3, 0.4) is 0 Å². The average Bonchev–Trinajstić information content (AvgIpc) is 2.99. The first-order valence-corrected chi connectivity index (χ1v) is 7.45. The summed E-state index contributed by atoms with van der Waals surface area (Å²) in [6.45, 7) is 8.45. The SMILES string of the molecule is CCCNC(c1sccc1C)c1ccnn1CC. The highest BCUT2D eigenvalue weighted by atomic mass is 32.1. The van der Waals surface area contributed by atoms with Gasteiger partial charge in [0.05, 0.1) is 11.7 Å². The molecule has 2 heterocycles. The van der Waals surface area contributed by atoms with E-state index in [-0.39, 0.29) is 6.04 Å². The molecule has 0 aromatic carbocycles. The minimum Gasteiger partial charge on any atom is -0.304 e. The summed E-state index contributed by atoms with van der Waals surface area (Å²) in [6, 6.07) is 4.58. The highest BCUT2D eigenvalue weighted by Crippen LogP contribution is 2.29. The van der Waals surface area contributed by atoms with Crippen LogP contribution in [0.5, 0.6) is 0 Å². The molecule has 0 amide bonds. The van der Waals surface area contributed by atoms with E-state index < -0.39 is 0 Å². The molecule has 2 aromatic heterocycles. The van der Waals surface area contributed by atoms with Crippen LogP contribution in [-0.4, -0.2) is 16.3 Å². The van der Waals surface area contributed by atoms with Crippen LogP contribution in [0, 0.1) is 6.92 Å². The second kappa shape index (κ2) is 6.16. The van der Waals surface area contributed by atoms with Gasteiger partial charge in [-0.15, -0.1) is 11.3 Å². The third-order valence-electron chi connectivity index (χ3n) is 3.11. The zero-order valence-electron chi connectivity index (χ0n) is 11.3. The van der Waals surface area contributed by atoms with Crippen molar-refractivity contribution in [3.05, 3.63) is 39.8 Å². The number of aryl methyl sites for hydroxylation is 2. The third-order valence-corrected chi connectivity index (χ3v) is 4.19. The van der Waals surface area contributed by atoms with Gasteiger partial charge in [0.1, 0.15) is 0 Å². The summed E-state index contributed by atoms with van der Waals surface area (Å²) in [5.41, 5.74) is 2.62. The standard InChI is InChI=1S/C14H21N3S/c1-4-8-15-13(14-11(3)7-10-18-14)12-6-9-16-17(12)5-2/h6-7,9-10,13,15H,4-5,8H2,1-3H3. The molecular formula is C14H21N3S. The second-order valence-electron chi connectivity index (χ2n) is 4.43. The van der Waals surface area contributed by atoms with Crippen LogP contribution in [0.4, 0.5) is 0 Å². The lowest BCUT2D eigenvalue weighted by atomic mass is 10.1. The zero-order chi connectivity index (χ0) is 13.0. The fourth-order valence-corrected chi connectivity index (χ4v) is 3.17. The highest BCUT2D eigenvalue weighted by molar-refractivity contribution is 7.10. The third kappa shape index (κ3) is 2.65. The van der Waals surface area contributed by atoms with E-state index in [0.29, 0.717) is 0 Å². The minimum atomic E-state index is 0.271. The molecule has 2 aromatic rings. The summed E-state index contributed by atoms with van der Waals surface area (Å²) < 4.78 is 2.08. The molecule has 0 fully saturated rings. The fraction of sp³-hybridized carbons (Fsp3) is 0.500. The van der Waals surface area contributed by atoms with Gasteiger partial charge in [-0.1, -0.05) is 6.92 Å². The summed E-state index contributed by atoms with van der Waals surface area (Å²) in [7, 11) is 0. The van der Waals surface area contributed by atoms with Gasteiger partial charge in [-0.3, -0.25) is 4.68 Å². The van der Waals surface area contributed by atoms with Crippen LogP contribution in [0.15, 0.2) is 23.7 Å². The van der Waals surface area contributed by atoms with Gasteiger partial charge < -0.3 is 5.32 Å². The molecule has 0 aliphatic heterocycles. The number of rotatable bonds is 6.